The lowest BCUT2D eigenvalue weighted by atomic mass is 9.86. The van der Waals surface area contributed by atoms with E-state index < -0.39 is 26.1 Å². The number of sulfonamides is 1. The second kappa shape index (κ2) is 8.58. The van der Waals surface area contributed by atoms with Gasteiger partial charge in [0.1, 0.15) is 10.7 Å². The van der Waals surface area contributed by atoms with Gasteiger partial charge in [0.05, 0.1) is 16.9 Å². The van der Waals surface area contributed by atoms with Crippen LogP contribution in [0.15, 0.2) is 64.0 Å². The average Bonchev–Trinajstić information content (AvgIpc) is 3.12. The summed E-state index contributed by atoms with van der Waals surface area (Å²) in [5.41, 5.74) is 3.33. The molecule has 0 bridgehead atoms. The van der Waals surface area contributed by atoms with E-state index in [1.165, 1.54) is 18.2 Å². The third kappa shape index (κ3) is 4.64. The number of aliphatic imine (C=N–C) groups is 1. The van der Waals surface area contributed by atoms with E-state index in [0.29, 0.717) is 12.2 Å². The van der Waals surface area contributed by atoms with E-state index in [-0.39, 0.29) is 16.9 Å². The molecule has 3 atom stereocenters. The average molecular weight is 449 g/mol. The number of pyridine rings is 1. The van der Waals surface area contributed by atoms with Gasteiger partial charge < -0.3 is 0 Å². The molecule has 160 valence electrons. The van der Waals surface area contributed by atoms with Crippen molar-refractivity contribution in [1.29, 1.82) is 0 Å². The summed E-state index contributed by atoms with van der Waals surface area (Å²) in [6.45, 7) is 0. The van der Waals surface area contributed by atoms with Crippen LogP contribution in [-0.2, 0) is 10.0 Å². The SMILES string of the molecule is NS1(CC2CCCCC2NS(=O)(=O)c2ccccc2F)C=NC(c2ccccn2)=C1. The molecular formula is C21H25FN4O2S2. The maximum absolute atomic E-state index is 14.1. The topological polar surface area (TPSA) is 97.4 Å². The summed E-state index contributed by atoms with van der Waals surface area (Å²) in [6.07, 6.45) is 5.24. The lowest BCUT2D eigenvalue weighted by molar-refractivity contribution is 0.314. The number of nitrogens with zero attached hydrogens (tertiary/aromatic N) is 2. The van der Waals surface area contributed by atoms with Crippen LogP contribution in [0.1, 0.15) is 31.4 Å². The van der Waals surface area contributed by atoms with Crippen LogP contribution in [-0.4, -0.2) is 30.7 Å². The summed E-state index contributed by atoms with van der Waals surface area (Å²) < 4.78 is 42.4. The highest BCUT2D eigenvalue weighted by molar-refractivity contribution is 8.44. The molecule has 1 fully saturated rings. The molecule has 3 N–H and O–H groups in total. The molecule has 6 nitrogen and oxygen atoms in total. The van der Waals surface area contributed by atoms with Gasteiger partial charge in [-0.1, -0.05) is 31.0 Å². The molecule has 9 heteroatoms. The van der Waals surface area contributed by atoms with Gasteiger partial charge in [0.25, 0.3) is 0 Å². The molecule has 0 saturated heterocycles. The first-order valence-electron chi connectivity index (χ1n) is 9.89. The maximum Gasteiger partial charge on any atom is 0.243 e. The van der Waals surface area contributed by atoms with Crippen molar-refractivity contribution in [2.24, 2.45) is 16.0 Å². The number of benzene rings is 1. The molecule has 2 aliphatic rings. The first-order valence-corrected chi connectivity index (χ1v) is 13.4. The highest BCUT2D eigenvalue weighted by Gasteiger charge is 2.34. The van der Waals surface area contributed by atoms with Gasteiger partial charge in [0.15, 0.2) is 0 Å². The van der Waals surface area contributed by atoms with Gasteiger partial charge in [-0.15, -0.1) is 10.2 Å². The van der Waals surface area contributed by atoms with Crippen LogP contribution in [0.3, 0.4) is 0 Å². The Labute approximate surface area is 178 Å². The zero-order chi connectivity index (χ0) is 21.2. The van der Waals surface area contributed by atoms with E-state index in [4.69, 9.17) is 5.14 Å². The van der Waals surface area contributed by atoms with E-state index >= 15 is 0 Å². The maximum atomic E-state index is 14.1. The molecule has 1 aromatic heterocycles. The standard InChI is InChI=1S/C21H25FN4O2S2/c22-17-8-2-4-11-21(17)30(27,28)26-18-9-3-1-7-16(18)13-29(23)14-20(25-15-29)19-10-5-6-12-24-19/h2,4-6,8,10-12,14-16,18,26H,1,3,7,9,13,23H2. The third-order valence-corrected chi connectivity index (χ3v) is 9.18. The third-order valence-electron chi connectivity index (χ3n) is 5.49. The number of hydrogen-bond donors (Lipinski definition) is 2. The minimum atomic E-state index is -3.95. The Morgan fingerprint density at radius 2 is 1.90 bits per heavy atom. The largest absolute Gasteiger partial charge is 0.287 e. The molecule has 30 heavy (non-hydrogen) atoms. The fourth-order valence-electron chi connectivity index (χ4n) is 4.01. The Morgan fingerprint density at radius 1 is 1.13 bits per heavy atom. The van der Waals surface area contributed by atoms with Crippen molar-refractivity contribution in [2.75, 3.05) is 5.75 Å². The van der Waals surface area contributed by atoms with Crippen LogP contribution < -0.4 is 9.86 Å². The summed E-state index contributed by atoms with van der Waals surface area (Å²) in [7, 11) is -5.71. The molecule has 2 aromatic rings. The van der Waals surface area contributed by atoms with Gasteiger partial charge in [0, 0.05) is 18.0 Å². The Hall–Kier alpha value is -2.07. The Kier molecular flexibility index (Phi) is 6.06. The van der Waals surface area contributed by atoms with E-state index in [0.717, 1.165) is 36.7 Å². The van der Waals surface area contributed by atoms with Gasteiger partial charge in [-0.3, -0.25) is 10.1 Å². The van der Waals surface area contributed by atoms with E-state index in [9.17, 15) is 12.8 Å². The lowest BCUT2D eigenvalue weighted by Gasteiger charge is -2.37. The summed E-state index contributed by atoms with van der Waals surface area (Å²) in [6, 6.07) is 10.8. The highest BCUT2D eigenvalue weighted by Crippen LogP contribution is 2.49. The van der Waals surface area contributed by atoms with Gasteiger partial charge in [0.2, 0.25) is 10.0 Å². The number of nitrogens with two attached hydrogens (primary N) is 1. The molecule has 0 spiro atoms. The van der Waals surface area contributed by atoms with E-state index in [2.05, 4.69) is 14.7 Å². The van der Waals surface area contributed by atoms with E-state index in [1.807, 2.05) is 23.6 Å². The predicted molar refractivity (Wildman–Crippen MR) is 120 cm³/mol. The summed E-state index contributed by atoms with van der Waals surface area (Å²) in [5.74, 6) is -0.0488. The van der Waals surface area contributed by atoms with E-state index in [1.54, 1.807) is 11.7 Å². The van der Waals surface area contributed by atoms with Crippen LogP contribution in [0.5, 0.6) is 0 Å². The van der Waals surface area contributed by atoms with Crippen LogP contribution in [0.25, 0.3) is 5.70 Å². The smallest absolute Gasteiger partial charge is 0.243 e. The van der Waals surface area contributed by atoms with Crippen molar-refractivity contribution < 1.29 is 12.8 Å². The number of aromatic nitrogens is 1. The Balaban J connectivity index is 1.52. The molecule has 1 saturated carbocycles. The quantitative estimate of drug-likeness (QED) is 0.703. The minimum Gasteiger partial charge on any atom is -0.287 e. The molecule has 1 aliphatic heterocycles. The van der Waals surface area contributed by atoms with Crippen molar-refractivity contribution >= 4 is 31.5 Å². The van der Waals surface area contributed by atoms with Crippen molar-refractivity contribution in [3.8, 4) is 0 Å². The van der Waals surface area contributed by atoms with Gasteiger partial charge in [-0.05, 0) is 48.4 Å². The lowest BCUT2D eigenvalue weighted by Crippen LogP contribution is -2.44. The van der Waals surface area contributed by atoms with Gasteiger partial charge >= 0.3 is 0 Å². The molecule has 2 heterocycles. The predicted octanol–water partition coefficient (Wildman–Crippen LogP) is 3.78. The molecule has 4 rings (SSSR count). The number of nitrogens with one attached hydrogen (secondary N) is 1. The second-order valence-corrected chi connectivity index (χ2v) is 12.0. The van der Waals surface area contributed by atoms with Crippen LogP contribution in [0, 0.1) is 11.7 Å². The van der Waals surface area contributed by atoms with Crippen LogP contribution in [0.4, 0.5) is 4.39 Å². The van der Waals surface area contributed by atoms with Gasteiger partial charge in [-0.2, -0.15) is 0 Å². The molecule has 0 radical (unpaired) electrons. The zero-order valence-corrected chi connectivity index (χ0v) is 18.1. The van der Waals surface area contributed by atoms with Crippen molar-refractivity contribution in [1.82, 2.24) is 9.71 Å². The molecule has 1 aromatic carbocycles. The summed E-state index contributed by atoms with van der Waals surface area (Å²) in [5, 5.41) is 8.65. The molecule has 3 unspecified atom stereocenters. The first-order chi connectivity index (χ1) is 14.4. The highest BCUT2D eigenvalue weighted by atomic mass is 32.3. The Morgan fingerprint density at radius 3 is 2.67 bits per heavy atom. The van der Waals surface area contributed by atoms with Gasteiger partial charge in [-0.25, -0.2) is 22.5 Å². The summed E-state index contributed by atoms with van der Waals surface area (Å²) >= 11 is 0. The van der Waals surface area contributed by atoms with Crippen molar-refractivity contribution in [3.05, 3.63) is 65.6 Å². The fourth-order valence-corrected chi connectivity index (χ4v) is 7.72. The molecular weight excluding hydrogens is 423 g/mol. The fraction of sp³-hybridized carbons (Fsp3) is 0.333. The second-order valence-electron chi connectivity index (χ2n) is 7.73. The Bertz CT molecular complexity index is 1080. The first kappa shape index (κ1) is 21.2. The minimum absolute atomic E-state index is 0.0612. The number of rotatable bonds is 6. The zero-order valence-electron chi connectivity index (χ0n) is 16.4. The normalized spacial score (nSPS) is 28.7. The number of hydrogen-bond acceptors (Lipinski definition) is 5. The number of halogens is 1. The summed E-state index contributed by atoms with van der Waals surface area (Å²) in [4.78, 5) is 8.49. The monoisotopic (exact) mass is 448 g/mol. The van der Waals surface area contributed by atoms with Crippen LogP contribution in [0.2, 0.25) is 0 Å². The van der Waals surface area contributed by atoms with Crippen molar-refractivity contribution in [2.45, 2.75) is 36.6 Å². The van der Waals surface area contributed by atoms with Crippen LogP contribution >= 0.6 is 10.2 Å². The molecule has 1 aliphatic carbocycles. The van der Waals surface area contributed by atoms with Crippen molar-refractivity contribution in [3.63, 3.8) is 0 Å². The molecule has 0 amide bonds.